The van der Waals surface area contributed by atoms with Gasteiger partial charge in [0.25, 0.3) is 6.02 Å². The minimum atomic E-state index is -0.752. The number of hydrogen-bond donors (Lipinski definition) is 2. The van der Waals surface area contributed by atoms with Crippen LogP contribution in [0.15, 0.2) is 41.4 Å². The van der Waals surface area contributed by atoms with E-state index in [0.717, 1.165) is 22.3 Å². The summed E-state index contributed by atoms with van der Waals surface area (Å²) >= 11 is 0. The second-order valence-electron chi connectivity index (χ2n) is 5.38. The van der Waals surface area contributed by atoms with Crippen molar-refractivity contribution in [1.82, 2.24) is 0 Å². The number of benzene rings is 2. The Bertz CT molecular complexity index is 737. The third-order valence-electron chi connectivity index (χ3n) is 3.94. The lowest BCUT2D eigenvalue weighted by molar-refractivity contribution is 0.264. The molecule has 0 aliphatic carbocycles. The number of phenols is 1. The molecule has 104 valence electrons. The Hall–Kier alpha value is -2.63. The van der Waals surface area contributed by atoms with Gasteiger partial charge in [-0.2, -0.15) is 0 Å². The van der Waals surface area contributed by atoms with Crippen molar-refractivity contribution in [1.29, 1.82) is 0 Å². The predicted molar refractivity (Wildman–Crippen MR) is 81.2 cm³/mol. The second-order valence-corrected chi connectivity index (χ2v) is 5.38. The van der Waals surface area contributed by atoms with Crippen LogP contribution in [-0.4, -0.2) is 25.6 Å². The molecule has 2 aromatic rings. The van der Waals surface area contributed by atoms with E-state index in [4.69, 9.17) is 15.2 Å². The molecule has 1 spiro atoms. The van der Waals surface area contributed by atoms with E-state index in [2.05, 4.69) is 4.99 Å². The van der Waals surface area contributed by atoms with Crippen LogP contribution in [0, 0.1) is 0 Å². The lowest BCUT2D eigenvalue weighted by Gasteiger charge is -2.33. The van der Waals surface area contributed by atoms with Gasteiger partial charge < -0.3 is 20.3 Å². The van der Waals surface area contributed by atoms with Crippen molar-refractivity contribution in [3.8, 4) is 17.2 Å². The second kappa shape index (κ2) is 3.94. The fourth-order valence-electron chi connectivity index (χ4n) is 2.96. The van der Waals surface area contributed by atoms with E-state index in [9.17, 15) is 5.11 Å². The third kappa shape index (κ3) is 1.62. The van der Waals surface area contributed by atoms with Crippen molar-refractivity contribution >= 4 is 19.3 Å². The summed E-state index contributed by atoms with van der Waals surface area (Å²) < 4.78 is 11.4. The highest BCUT2D eigenvalue weighted by atomic mass is 16.5. The molecule has 0 saturated carbocycles. The number of rotatable bonds is 0. The van der Waals surface area contributed by atoms with Crippen LogP contribution < -0.4 is 15.9 Å². The topological polar surface area (TPSA) is 77.1 Å². The molecular formula is C15H13BN2O3. The minimum absolute atomic E-state index is 0.152. The first-order valence-electron chi connectivity index (χ1n) is 6.69. The molecule has 0 fully saturated rings. The zero-order chi connectivity index (χ0) is 14.6. The summed E-state index contributed by atoms with van der Waals surface area (Å²) in [5.41, 5.74) is 7.77. The molecule has 2 aromatic carbocycles. The lowest BCUT2D eigenvalue weighted by atomic mass is 9.79. The zero-order valence-electron chi connectivity index (χ0n) is 11.5. The Morgan fingerprint density at radius 1 is 1.14 bits per heavy atom. The molecule has 0 radical (unpaired) electrons. The number of fused-ring (bicyclic) bond motifs is 4. The van der Waals surface area contributed by atoms with Crippen LogP contribution in [0.4, 0.5) is 0 Å². The molecule has 0 bridgehead atoms. The highest BCUT2D eigenvalue weighted by molar-refractivity contribution is 6.32. The Balaban J connectivity index is 2.05. The SMILES string of the molecule is Bc1ccc2c(c1)C1(COC(N)=N1)c1cc(O)ccc1O2. The molecule has 21 heavy (non-hydrogen) atoms. The maximum Gasteiger partial charge on any atom is 0.283 e. The molecule has 0 aromatic heterocycles. The number of nitrogens with zero attached hydrogens (tertiary/aromatic N) is 1. The van der Waals surface area contributed by atoms with E-state index in [1.807, 2.05) is 26.0 Å². The zero-order valence-corrected chi connectivity index (χ0v) is 11.5. The summed E-state index contributed by atoms with van der Waals surface area (Å²) in [6, 6.07) is 11.1. The highest BCUT2D eigenvalue weighted by Crippen LogP contribution is 2.51. The predicted octanol–water partition coefficient (Wildman–Crippen LogP) is 0.345. The summed E-state index contributed by atoms with van der Waals surface area (Å²) in [6.07, 6.45) is 0. The van der Waals surface area contributed by atoms with Crippen molar-refractivity contribution in [3.05, 3.63) is 47.5 Å². The molecule has 2 aliphatic heterocycles. The number of aliphatic imine (C=N–C) groups is 1. The first-order valence-corrected chi connectivity index (χ1v) is 6.69. The number of aromatic hydroxyl groups is 1. The van der Waals surface area contributed by atoms with E-state index in [1.165, 1.54) is 0 Å². The summed E-state index contributed by atoms with van der Waals surface area (Å²) in [4.78, 5) is 4.53. The van der Waals surface area contributed by atoms with Gasteiger partial charge in [0.05, 0.1) is 0 Å². The van der Waals surface area contributed by atoms with E-state index >= 15 is 0 Å². The number of nitrogens with two attached hydrogens (primary N) is 1. The van der Waals surface area contributed by atoms with Crippen LogP contribution in [0.25, 0.3) is 0 Å². The maximum atomic E-state index is 9.82. The quantitative estimate of drug-likeness (QED) is 0.682. The molecule has 0 saturated heterocycles. The summed E-state index contributed by atoms with van der Waals surface area (Å²) in [7, 11) is 2.01. The Kier molecular flexibility index (Phi) is 2.28. The molecule has 3 N–H and O–H groups in total. The molecule has 1 unspecified atom stereocenters. The van der Waals surface area contributed by atoms with Gasteiger partial charge in [-0.1, -0.05) is 17.6 Å². The average Bonchev–Trinajstić information content (AvgIpc) is 2.84. The van der Waals surface area contributed by atoms with Crippen molar-refractivity contribution in [3.63, 3.8) is 0 Å². The van der Waals surface area contributed by atoms with Gasteiger partial charge in [-0.15, -0.1) is 0 Å². The van der Waals surface area contributed by atoms with E-state index in [1.54, 1.807) is 18.2 Å². The van der Waals surface area contributed by atoms with Crippen molar-refractivity contribution in [2.75, 3.05) is 6.61 Å². The van der Waals surface area contributed by atoms with Crippen molar-refractivity contribution in [2.24, 2.45) is 10.7 Å². The fourth-order valence-corrected chi connectivity index (χ4v) is 2.96. The van der Waals surface area contributed by atoms with Crippen molar-refractivity contribution < 1.29 is 14.6 Å². The van der Waals surface area contributed by atoms with Crippen LogP contribution in [0.2, 0.25) is 0 Å². The van der Waals surface area contributed by atoms with Crippen molar-refractivity contribution in [2.45, 2.75) is 5.54 Å². The highest BCUT2D eigenvalue weighted by Gasteiger charge is 2.47. The molecule has 4 rings (SSSR count). The first kappa shape index (κ1) is 12.1. The lowest BCUT2D eigenvalue weighted by Crippen LogP contribution is -2.32. The average molecular weight is 280 g/mol. The fraction of sp³-hybridized carbons (Fsp3) is 0.133. The Morgan fingerprint density at radius 2 is 1.86 bits per heavy atom. The number of hydrogen-bond acceptors (Lipinski definition) is 5. The third-order valence-corrected chi connectivity index (χ3v) is 3.94. The Labute approximate surface area is 122 Å². The van der Waals surface area contributed by atoms with Gasteiger partial charge >= 0.3 is 0 Å². The molecule has 1 atom stereocenters. The van der Waals surface area contributed by atoms with Crippen LogP contribution in [0.1, 0.15) is 11.1 Å². The smallest absolute Gasteiger partial charge is 0.283 e. The van der Waals surface area contributed by atoms with E-state index in [0.29, 0.717) is 12.4 Å². The monoisotopic (exact) mass is 280 g/mol. The molecule has 2 aliphatic rings. The molecule has 6 heteroatoms. The Morgan fingerprint density at radius 3 is 2.57 bits per heavy atom. The van der Waals surface area contributed by atoms with Crippen LogP contribution in [0.3, 0.4) is 0 Å². The van der Waals surface area contributed by atoms with Crippen LogP contribution in [-0.2, 0) is 10.3 Å². The summed E-state index contributed by atoms with van der Waals surface area (Å²) in [5, 5.41) is 9.82. The molecular weight excluding hydrogens is 267 g/mol. The first-order chi connectivity index (χ1) is 10.1. The maximum absolute atomic E-state index is 9.82. The van der Waals surface area contributed by atoms with Gasteiger partial charge in [0.2, 0.25) is 0 Å². The molecule has 0 amide bonds. The van der Waals surface area contributed by atoms with Crippen LogP contribution in [0.5, 0.6) is 17.2 Å². The summed E-state index contributed by atoms with van der Waals surface area (Å²) in [6.45, 7) is 0.301. The van der Waals surface area contributed by atoms with Gasteiger partial charge in [-0.25, -0.2) is 4.99 Å². The van der Waals surface area contributed by atoms with Gasteiger partial charge in [0.1, 0.15) is 31.7 Å². The van der Waals surface area contributed by atoms with Gasteiger partial charge in [0.15, 0.2) is 5.54 Å². The van der Waals surface area contributed by atoms with Gasteiger partial charge in [0, 0.05) is 11.1 Å². The molecule has 5 nitrogen and oxygen atoms in total. The van der Waals surface area contributed by atoms with Gasteiger partial charge in [-0.05, 0) is 24.3 Å². The molecule has 2 heterocycles. The number of ether oxygens (including phenoxy) is 2. The normalized spacial score (nSPS) is 22.0. The number of amidine groups is 1. The van der Waals surface area contributed by atoms with Gasteiger partial charge in [-0.3, -0.25) is 0 Å². The van der Waals surface area contributed by atoms with E-state index in [-0.39, 0.29) is 11.8 Å². The van der Waals surface area contributed by atoms with Crippen LogP contribution >= 0.6 is 0 Å². The largest absolute Gasteiger partial charge is 0.508 e. The van der Waals surface area contributed by atoms with E-state index < -0.39 is 5.54 Å². The minimum Gasteiger partial charge on any atom is -0.508 e. The summed E-state index contributed by atoms with van der Waals surface area (Å²) in [5.74, 6) is 1.56. The standard InChI is InChI=1S/C15H13BN2O3/c16-8-1-3-12-10(5-8)15(7-20-14(17)18-15)11-6-9(19)2-4-13(11)21-12/h1-6,19H,7,16H2,(H2,17,18). The number of phenolic OH excluding ortho intramolecular Hbond substituents is 1.